The number of guanidine groups is 1. The summed E-state index contributed by atoms with van der Waals surface area (Å²) in [6.07, 6.45) is 6.53. The largest absolute Gasteiger partial charge is 0.396 e. The van der Waals surface area contributed by atoms with E-state index in [1.54, 1.807) is 0 Å². The van der Waals surface area contributed by atoms with Crippen LogP contribution in [0, 0.1) is 5.41 Å². The molecule has 1 aromatic carbocycles. The molecule has 0 aliphatic heterocycles. The second-order valence-electron chi connectivity index (χ2n) is 7.56. The summed E-state index contributed by atoms with van der Waals surface area (Å²) >= 11 is 0. The maximum atomic E-state index is 9.75. The molecule has 3 atom stereocenters. The molecule has 3 unspecified atom stereocenters. The smallest absolute Gasteiger partial charge is 0.191 e. The molecule has 0 saturated heterocycles. The summed E-state index contributed by atoms with van der Waals surface area (Å²) in [4.78, 5) is 4.41. The zero-order valence-electron chi connectivity index (χ0n) is 16.5. The number of hydrogen-bond donors (Lipinski definition) is 3. The van der Waals surface area contributed by atoms with Crippen molar-refractivity contribution in [3.8, 4) is 0 Å². The van der Waals surface area contributed by atoms with Gasteiger partial charge in [0.15, 0.2) is 5.96 Å². The average Bonchev–Trinajstić information content (AvgIpc) is 3.20. The van der Waals surface area contributed by atoms with Gasteiger partial charge >= 0.3 is 0 Å². The van der Waals surface area contributed by atoms with Crippen molar-refractivity contribution in [2.24, 2.45) is 10.4 Å². The van der Waals surface area contributed by atoms with Gasteiger partial charge in [-0.25, -0.2) is 0 Å². The SMILES string of the molecule is CCOC1CC(NC(=NC)NCC(CO)c2ccccc2)C12CCCC2.I. The molecule has 1 aromatic rings. The van der Waals surface area contributed by atoms with Crippen LogP contribution in [-0.2, 0) is 4.74 Å². The maximum Gasteiger partial charge on any atom is 0.191 e. The van der Waals surface area contributed by atoms with Gasteiger partial charge in [0, 0.05) is 37.6 Å². The van der Waals surface area contributed by atoms with Gasteiger partial charge < -0.3 is 20.5 Å². The van der Waals surface area contributed by atoms with Gasteiger partial charge in [-0.1, -0.05) is 43.2 Å². The van der Waals surface area contributed by atoms with Crippen molar-refractivity contribution in [2.75, 3.05) is 26.8 Å². The third kappa shape index (κ3) is 4.95. The zero-order chi connectivity index (χ0) is 18.4. The summed E-state index contributed by atoms with van der Waals surface area (Å²) in [5.41, 5.74) is 1.42. The highest BCUT2D eigenvalue weighted by molar-refractivity contribution is 14.0. The third-order valence-corrected chi connectivity index (χ3v) is 6.23. The first-order chi connectivity index (χ1) is 12.7. The van der Waals surface area contributed by atoms with Crippen molar-refractivity contribution >= 4 is 29.9 Å². The van der Waals surface area contributed by atoms with Gasteiger partial charge in [0.05, 0.1) is 12.7 Å². The molecule has 2 saturated carbocycles. The Hall–Kier alpha value is -0.860. The average molecular weight is 487 g/mol. The Labute approximate surface area is 180 Å². The van der Waals surface area contributed by atoms with E-state index in [1.165, 1.54) is 25.7 Å². The van der Waals surface area contributed by atoms with Gasteiger partial charge in [-0.2, -0.15) is 0 Å². The standard InChI is InChI=1S/C21H33N3O2.HI/c1-3-26-19-13-18(21(19)11-7-8-12-21)24-20(22-2)23-14-17(15-25)16-9-5-4-6-10-16;/h4-6,9-10,17-19,25H,3,7-8,11-15H2,1-2H3,(H2,22,23,24);1H. The van der Waals surface area contributed by atoms with Gasteiger partial charge in [0.2, 0.25) is 0 Å². The number of nitrogens with zero attached hydrogens (tertiary/aromatic N) is 1. The molecule has 0 amide bonds. The molecule has 27 heavy (non-hydrogen) atoms. The highest BCUT2D eigenvalue weighted by atomic mass is 127. The Kier molecular flexibility index (Phi) is 8.82. The van der Waals surface area contributed by atoms with Crippen molar-refractivity contribution < 1.29 is 9.84 Å². The van der Waals surface area contributed by atoms with E-state index in [2.05, 4.69) is 34.7 Å². The van der Waals surface area contributed by atoms with Crippen LogP contribution in [0.5, 0.6) is 0 Å². The lowest BCUT2D eigenvalue weighted by Gasteiger charge is -2.54. The molecule has 3 N–H and O–H groups in total. The normalized spacial score (nSPS) is 24.8. The van der Waals surface area contributed by atoms with E-state index in [0.29, 0.717) is 18.7 Å². The second kappa shape index (κ2) is 10.6. The molecule has 152 valence electrons. The lowest BCUT2D eigenvalue weighted by Crippen LogP contribution is -2.65. The number of aliphatic imine (C=N–C) groups is 1. The van der Waals surface area contributed by atoms with Crippen molar-refractivity contribution in [3.05, 3.63) is 35.9 Å². The first-order valence-corrected chi connectivity index (χ1v) is 9.98. The van der Waals surface area contributed by atoms with Crippen LogP contribution in [-0.4, -0.2) is 50.0 Å². The quantitative estimate of drug-likeness (QED) is 0.314. The van der Waals surface area contributed by atoms with E-state index < -0.39 is 0 Å². The van der Waals surface area contributed by atoms with Gasteiger partial charge in [-0.05, 0) is 31.7 Å². The van der Waals surface area contributed by atoms with Gasteiger partial charge in [-0.15, -0.1) is 24.0 Å². The number of ether oxygens (including phenoxy) is 1. The van der Waals surface area contributed by atoms with Crippen LogP contribution in [0.2, 0.25) is 0 Å². The molecule has 0 aromatic heterocycles. The van der Waals surface area contributed by atoms with E-state index in [9.17, 15) is 5.11 Å². The first kappa shape index (κ1) is 22.4. The van der Waals surface area contributed by atoms with Crippen LogP contribution >= 0.6 is 24.0 Å². The van der Waals surface area contributed by atoms with Crippen LogP contribution < -0.4 is 10.6 Å². The number of aliphatic hydroxyl groups excluding tert-OH is 1. The van der Waals surface area contributed by atoms with Crippen molar-refractivity contribution in [3.63, 3.8) is 0 Å². The van der Waals surface area contributed by atoms with Crippen LogP contribution in [0.25, 0.3) is 0 Å². The summed E-state index contributed by atoms with van der Waals surface area (Å²) in [6.45, 7) is 3.66. The molecule has 0 heterocycles. The van der Waals surface area contributed by atoms with Crippen molar-refractivity contribution in [2.45, 2.75) is 57.1 Å². The topological polar surface area (TPSA) is 65.9 Å². The highest BCUT2D eigenvalue weighted by Crippen LogP contribution is 2.54. The molecule has 5 nitrogen and oxygen atoms in total. The van der Waals surface area contributed by atoms with E-state index in [1.807, 2.05) is 25.2 Å². The minimum Gasteiger partial charge on any atom is -0.396 e. The number of hydrogen-bond acceptors (Lipinski definition) is 3. The van der Waals surface area contributed by atoms with Crippen LogP contribution in [0.15, 0.2) is 35.3 Å². The summed E-state index contributed by atoms with van der Waals surface area (Å²) in [5.74, 6) is 0.887. The molecule has 2 aliphatic rings. The summed E-state index contributed by atoms with van der Waals surface area (Å²) < 4.78 is 6.00. The fourth-order valence-corrected chi connectivity index (χ4v) is 4.68. The number of rotatable bonds is 7. The van der Waals surface area contributed by atoms with E-state index in [-0.39, 0.29) is 41.9 Å². The predicted molar refractivity (Wildman–Crippen MR) is 121 cm³/mol. The first-order valence-electron chi connectivity index (χ1n) is 9.98. The van der Waals surface area contributed by atoms with Gasteiger partial charge in [0.1, 0.15) is 0 Å². The Morgan fingerprint density at radius 1 is 1.30 bits per heavy atom. The summed E-state index contributed by atoms with van der Waals surface area (Å²) in [7, 11) is 1.81. The van der Waals surface area contributed by atoms with Crippen molar-refractivity contribution in [1.29, 1.82) is 0 Å². The van der Waals surface area contributed by atoms with Crippen LogP contribution in [0.4, 0.5) is 0 Å². The lowest BCUT2D eigenvalue weighted by molar-refractivity contribution is -0.125. The van der Waals surface area contributed by atoms with E-state index >= 15 is 0 Å². The number of halogens is 1. The molecule has 2 fully saturated rings. The molecule has 6 heteroatoms. The Balaban J connectivity index is 0.00000261. The molecule has 2 aliphatic carbocycles. The fourth-order valence-electron chi connectivity index (χ4n) is 4.68. The Bertz CT molecular complexity index is 590. The fraction of sp³-hybridized carbons (Fsp3) is 0.667. The maximum absolute atomic E-state index is 9.75. The van der Waals surface area contributed by atoms with E-state index in [4.69, 9.17) is 4.74 Å². The summed E-state index contributed by atoms with van der Waals surface area (Å²) in [6, 6.07) is 10.6. The monoisotopic (exact) mass is 487 g/mol. The molecule has 0 radical (unpaired) electrons. The minimum atomic E-state index is 0. The third-order valence-electron chi connectivity index (χ3n) is 6.23. The second-order valence-corrected chi connectivity index (χ2v) is 7.56. The molecular formula is C21H34IN3O2. The molecule has 1 spiro atoms. The van der Waals surface area contributed by atoms with Gasteiger partial charge in [-0.3, -0.25) is 4.99 Å². The highest BCUT2D eigenvalue weighted by Gasteiger charge is 2.56. The minimum absolute atomic E-state index is 0. The number of nitrogens with one attached hydrogen (secondary N) is 2. The lowest BCUT2D eigenvalue weighted by atomic mass is 9.60. The molecule has 0 bridgehead atoms. The van der Waals surface area contributed by atoms with Crippen LogP contribution in [0.3, 0.4) is 0 Å². The van der Waals surface area contributed by atoms with E-state index in [0.717, 1.165) is 24.6 Å². The summed E-state index contributed by atoms with van der Waals surface area (Å²) in [5, 5.41) is 16.8. The molecule has 3 rings (SSSR count). The van der Waals surface area contributed by atoms with Crippen LogP contribution in [0.1, 0.15) is 50.5 Å². The zero-order valence-corrected chi connectivity index (χ0v) is 18.8. The Morgan fingerprint density at radius 2 is 2.00 bits per heavy atom. The number of benzene rings is 1. The van der Waals surface area contributed by atoms with Crippen molar-refractivity contribution in [1.82, 2.24) is 10.6 Å². The Morgan fingerprint density at radius 3 is 2.59 bits per heavy atom. The van der Waals surface area contributed by atoms with Gasteiger partial charge in [0.25, 0.3) is 0 Å². The number of aliphatic hydroxyl groups is 1. The molecular weight excluding hydrogens is 453 g/mol. The predicted octanol–water partition coefficient (Wildman–Crippen LogP) is 3.28.